The molecule has 0 atom stereocenters. The minimum Gasteiger partial charge on any atom is -0.479 e. The van der Waals surface area contributed by atoms with Crippen LogP contribution in [0.25, 0.3) is 11.3 Å². The average Bonchev–Trinajstić information content (AvgIpc) is 3.16. The molecule has 0 saturated heterocycles. The van der Waals surface area contributed by atoms with Crippen LogP contribution in [-0.4, -0.2) is 30.6 Å². The van der Waals surface area contributed by atoms with Crippen LogP contribution in [0.5, 0.6) is 5.75 Å². The molecule has 0 unspecified atom stereocenters. The Kier molecular flexibility index (Phi) is 3.89. The van der Waals surface area contributed by atoms with E-state index in [1.807, 2.05) is 30.3 Å². The van der Waals surface area contributed by atoms with Gasteiger partial charge in [-0.25, -0.2) is 0 Å². The van der Waals surface area contributed by atoms with E-state index in [1.54, 1.807) is 31.3 Å². The molecule has 3 aromatic rings. The molecule has 0 fully saturated rings. The van der Waals surface area contributed by atoms with Crippen LogP contribution in [0.3, 0.4) is 0 Å². The van der Waals surface area contributed by atoms with Crippen molar-refractivity contribution >= 4 is 23.2 Å². The van der Waals surface area contributed by atoms with Crippen LogP contribution in [0, 0.1) is 0 Å². The maximum absolute atomic E-state index is 12.5. The van der Waals surface area contributed by atoms with E-state index in [1.165, 1.54) is 4.90 Å². The summed E-state index contributed by atoms with van der Waals surface area (Å²) in [5, 5.41) is 6.60. The predicted octanol–water partition coefficient (Wildman–Crippen LogP) is 2.95. The Morgan fingerprint density at radius 2 is 1.96 bits per heavy atom. The lowest BCUT2D eigenvalue weighted by Crippen LogP contribution is -2.35. The molecule has 0 aliphatic carbocycles. The summed E-state index contributed by atoms with van der Waals surface area (Å²) in [6, 6.07) is 16.2. The van der Waals surface area contributed by atoms with Gasteiger partial charge in [-0.15, -0.1) is 0 Å². The van der Waals surface area contributed by atoms with Gasteiger partial charge in [-0.05, 0) is 12.1 Å². The first kappa shape index (κ1) is 15.9. The molecule has 2 heterocycles. The molecular weight excluding hydrogens is 334 g/mol. The van der Waals surface area contributed by atoms with Gasteiger partial charge in [-0.2, -0.15) is 0 Å². The molecule has 0 saturated carbocycles. The summed E-state index contributed by atoms with van der Waals surface area (Å²) in [5.41, 5.74) is 2.06. The van der Waals surface area contributed by atoms with Crippen molar-refractivity contribution < 1.29 is 18.8 Å². The number of para-hydroxylation sites is 1. The number of rotatable bonds is 3. The van der Waals surface area contributed by atoms with E-state index in [9.17, 15) is 9.59 Å². The highest BCUT2D eigenvalue weighted by Crippen LogP contribution is 2.38. The summed E-state index contributed by atoms with van der Waals surface area (Å²) in [6.45, 7) is -0.0709. The monoisotopic (exact) mass is 349 g/mol. The Morgan fingerprint density at radius 1 is 1.15 bits per heavy atom. The molecule has 2 amide bonds. The summed E-state index contributed by atoms with van der Waals surface area (Å²) >= 11 is 0. The van der Waals surface area contributed by atoms with Crippen LogP contribution < -0.4 is 15.0 Å². The number of amides is 2. The van der Waals surface area contributed by atoms with Gasteiger partial charge in [-0.1, -0.05) is 41.6 Å². The SMILES string of the molecule is CN1C(=O)COc2c(NC(=O)c3cc(-c4ccccc4)on3)cccc21. The minimum absolute atomic E-state index is 0.0709. The van der Waals surface area contributed by atoms with E-state index >= 15 is 0 Å². The van der Waals surface area contributed by atoms with Crippen molar-refractivity contribution in [1.82, 2.24) is 5.16 Å². The molecule has 1 N–H and O–H groups in total. The molecule has 0 radical (unpaired) electrons. The third-order valence-electron chi connectivity index (χ3n) is 4.12. The zero-order chi connectivity index (χ0) is 18.1. The highest BCUT2D eigenvalue weighted by Gasteiger charge is 2.25. The highest BCUT2D eigenvalue weighted by atomic mass is 16.5. The topological polar surface area (TPSA) is 84.7 Å². The fraction of sp³-hybridized carbons (Fsp3) is 0.105. The Labute approximate surface area is 149 Å². The Hall–Kier alpha value is -3.61. The molecule has 0 spiro atoms. The number of carbonyl (C=O) groups excluding carboxylic acids is 2. The smallest absolute Gasteiger partial charge is 0.277 e. The number of aromatic nitrogens is 1. The van der Waals surface area contributed by atoms with Crippen molar-refractivity contribution in [1.29, 1.82) is 0 Å². The van der Waals surface area contributed by atoms with Gasteiger partial charge in [0, 0.05) is 18.7 Å². The maximum Gasteiger partial charge on any atom is 0.277 e. The average molecular weight is 349 g/mol. The fourth-order valence-corrected chi connectivity index (χ4v) is 2.71. The van der Waals surface area contributed by atoms with E-state index in [0.29, 0.717) is 22.9 Å². The number of anilines is 2. The molecule has 1 aromatic heterocycles. The summed E-state index contributed by atoms with van der Waals surface area (Å²) in [5.74, 6) is 0.389. The summed E-state index contributed by atoms with van der Waals surface area (Å²) in [6.07, 6.45) is 0. The van der Waals surface area contributed by atoms with Gasteiger partial charge in [-0.3, -0.25) is 9.59 Å². The van der Waals surface area contributed by atoms with Crippen molar-refractivity contribution in [3.05, 3.63) is 60.3 Å². The number of nitrogens with one attached hydrogen (secondary N) is 1. The lowest BCUT2D eigenvalue weighted by molar-refractivity contribution is -0.120. The van der Waals surface area contributed by atoms with Crippen molar-refractivity contribution in [2.45, 2.75) is 0 Å². The van der Waals surface area contributed by atoms with E-state index in [-0.39, 0.29) is 18.2 Å². The van der Waals surface area contributed by atoms with E-state index in [2.05, 4.69) is 10.5 Å². The fourth-order valence-electron chi connectivity index (χ4n) is 2.71. The summed E-state index contributed by atoms with van der Waals surface area (Å²) in [7, 11) is 1.67. The third-order valence-corrected chi connectivity index (χ3v) is 4.12. The van der Waals surface area contributed by atoms with Crippen molar-refractivity contribution in [2.24, 2.45) is 0 Å². The largest absolute Gasteiger partial charge is 0.479 e. The van der Waals surface area contributed by atoms with Crippen molar-refractivity contribution in [3.63, 3.8) is 0 Å². The number of likely N-dealkylation sites (N-methyl/N-ethyl adjacent to an activating group) is 1. The number of hydrogen-bond acceptors (Lipinski definition) is 5. The van der Waals surface area contributed by atoms with Crippen molar-refractivity contribution in [3.8, 4) is 17.1 Å². The standard InChI is InChI=1S/C19H15N3O4/c1-22-15-9-5-8-13(18(15)25-11-17(22)23)20-19(24)14-10-16(26-21-14)12-6-3-2-4-7-12/h2-10H,11H2,1H3,(H,20,24). The van der Waals surface area contributed by atoms with Gasteiger partial charge in [0.1, 0.15) is 0 Å². The van der Waals surface area contributed by atoms with Crippen LogP contribution >= 0.6 is 0 Å². The van der Waals surface area contributed by atoms with Gasteiger partial charge in [0.2, 0.25) is 0 Å². The molecule has 7 nitrogen and oxygen atoms in total. The Morgan fingerprint density at radius 3 is 2.77 bits per heavy atom. The van der Waals surface area contributed by atoms with Gasteiger partial charge < -0.3 is 19.5 Å². The van der Waals surface area contributed by atoms with Gasteiger partial charge >= 0.3 is 0 Å². The van der Waals surface area contributed by atoms with Crippen LogP contribution in [-0.2, 0) is 4.79 Å². The third kappa shape index (κ3) is 2.79. The number of ether oxygens (including phenoxy) is 1. The zero-order valence-corrected chi connectivity index (χ0v) is 13.9. The minimum atomic E-state index is -0.424. The quantitative estimate of drug-likeness (QED) is 0.786. The normalized spacial score (nSPS) is 13.1. The first-order chi connectivity index (χ1) is 12.6. The van der Waals surface area contributed by atoms with Crippen LogP contribution in [0.1, 0.15) is 10.5 Å². The molecule has 1 aliphatic rings. The second-order valence-electron chi connectivity index (χ2n) is 5.79. The molecule has 1 aliphatic heterocycles. The van der Waals surface area contributed by atoms with E-state index < -0.39 is 5.91 Å². The summed E-state index contributed by atoms with van der Waals surface area (Å²) in [4.78, 5) is 25.8. The Bertz CT molecular complexity index is 981. The van der Waals surface area contributed by atoms with Gasteiger partial charge in [0.05, 0.1) is 11.4 Å². The molecular formula is C19H15N3O4. The lowest BCUT2D eigenvalue weighted by Gasteiger charge is -2.27. The van der Waals surface area contributed by atoms with Crippen LogP contribution in [0.4, 0.5) is 11.4 Å². The van der Waals surface area contributed by atoms with Crippen LogP contribution in [0.15, 0.2) is 59.1 Å². The molecule has 7 heteroatoms. The number of hydrogen-bond donors (Lipinski definition) is 1. The van der Waals surface area contributed by atoms with E-state index in [4.69, 9.17) is 9.26 Å². The number of nitrogens with zero attached hydrogens (tertiary/aromatic N) is 2. The second-order valence-corrected chi connectivity index (χ2v) is 5.79. The lowest BCUT2D eigenvalue weighted by atomic mass is 10.1. The van der Waals surface area contributed by atoms with Gasteiger partial charge in [0.15, 0.2) is 23.8 Å². The van der Waals surface area contributed by atoms with Crippen LogP contribution in [0.2, 0.25) is 0 Å². The van der Waals surface area contributed by atoms with Gasteiger partial charge in [0.25, 0.3) is 11.8 Å². The maximum atomic E-state index is 12.5. The second kappa shape index (κ2) is 6.36. The molecule has 4 rings (SSSR count). The Balaban J connectivity index is 1.58. The summed E-state index contributed by atoms with van der Waals surface area (Å²) < 4.78 is 10.8. The number of carbonyl (C=O) groups is 2. The molecule has 26 heavy (non-hydrogen) atoms. The predicted molar refractivity (Wildman–Crippen MR) is 95.2 cm³/mol. The first-order valence-corrected chi connectivity index (χ1v) is 7.99. The molecule has 2 aromatic carbocycles. The zero-order valence-electron chi connectivity index (χ0n) is 13.9. The van der Waals surface area contributed by atoms with E-state index in [0.717, 1.165) is 5.56 Å². The molecule has 130 valence electrons. The number of benzene rings is 2. The highest BCUT2D eigenvalue weighted by molar-refractivity contribution is 6.06. The van der Waals surface area contributed by atoms with Crippen molar-refractivity contribution in [2.75, 3.05) is 23.9 Å². The number of fused-ring (bicyclic) bond motifs is 1. The molecule has 0 bridgehead atoms. The first-order valence-electron chi connectivity index (χ1n) is 7.99.